The maximum atomic E-state index is 12.6. The Labute approximate surface area is 136 Å². The second-order valence-corrected chi connectivity index (χ2v) is 7.31. The lowest BCUT2D eigenvalue weighted by Gasteiger charge is -2.26. The summed E-state index contributed by atoms with van der Waals surface area (Å²) >= 11 is 0. The molecule has 6 heteroatoms. The quantitative estimate of drug-likeness (QED) is 0.933. The first-order valence-corrected chi connectivity index (χ1v) is 8.87. The number of benzene rings is 2. The minimum Gasteiger partial charge on any atom is -0.314 e. The minimum absolute atomic E-state index is 0.316. The van der Waals surface area contributed by atoms with Crippen molar-refractivity contribution in [2.75, 3.05) is 26.2 Å². The van der Waals surface area contributed by atoms with Gasteiger partial charge in [0.05, 0.1) is 16.5 Å². The summed E-state index contributed by atoms with van der Waals surface area (Å²) in [7, 11) is -3.42. The van der Waals surface area contributed by atoms with E-state index in [2.05, 4.69) is 11.4 Å². The van der Waals surface area contributed by atoms with E-state index in [1.54, 1.807) is 36.4 Å². The second kappa shape index (κ2) is 6.50. The zero-order valence-corrected chi connectivity index (χ0v) is 13.4. The molecule has 1 aliphatic heterocycles. The summed E-state index contributed by atoms with van der Waals surface area (Å²) in [5.74, 6) is 0. The number of nitrogens with one attached hydrogen (secondary N) is 1. The Morgan fingerprint density at radius 1 is 0.913 bits per heavy atom. The van der Waals surface area contributed by atoms with Crippen molar-refractivity contribution in [3.63, 3.8) is 0 Å². The molecule has 3 rings (SSSR count). The van der Waals surface area contributed by atoms with E-state index in [-0.39, 0.29) is 0 Å². The standard InChI is InChI=1S/C17H17N3O2S/c18-13-14-1-3-15(4-2-14)16-5-7-17(8-6-16)23(21,22)20-11-9-19-10-12-20/h1-8,19H,9-12H2. The Morgan fingerprint density at radius 2 is 1.43 bits per heavy atom. The molecule has 0 atom stereocenters. The average Bonchev–Trinajstić information content (AvgIpc) is 2.63. The molecule has 5 nitrogen and oxygen atoms in total. The van der Waals surface area contributed by atoms with E-state index >= 15 is 0 Å². The number of rotatable bonds is 3. The molecular formula is C17H17N3O2S. The maximum Gasteiger partial charge on any atom is 0.243 e. The van der Waals surface area contributed by atoms with Crippen LogP contribution in [-0.4, -0.2) is 38.9 Å². The largest absolute Gasteiger partial charge is 0.314 e. The highest BCUT2D eigenvalue weighted by molar-refractivity contribution is 7.89. The van der Waals surface area contributed by atoms with E-state index in [9.17, 15) is 8.42 Å². The fourth-order valence-corrected chi connectivity index (χ4v) is 4.03. The zero-order chi connectivity index (χ0) is 16.3. The van der Waals surface area contributed by atoms with Crippen LogP contribution in [-0.2, 0) is 10.0 Å². The van der Waals surface area contributed by atoms with Crippen LogP contribution in [0.1, 0.15) is 5.56 Å². The van der Waals surface area contributed by atoms with Gasteiger partial charge in [-0.25, -0.2) is 8.42 Å². The van der Waals surface area contributed by atoms with Crippen LogP contribution in [0.4, 0.5) is 0 Å². The highest BCUT2D eigenvalue weighted by atomic mass is 32.2. The van der Waals surface area contributed by atoms with Gasteiger partial charge in [0.15, 0.2) is 0 Å². The monoisotopic (exact) mass is 327 g/mol. The van der Waals surface area contributed by atoms with Crippen LogP contribution in [0.3, 0.4) is 0 Å². The normalized spacial score (nSPS) is 16.0. The lowest BCUT2D eigenvalue weighted by atomic mass is 10.0. The summed E-state index contributed by atoms with van der Waals surface area (Å²) in [5, 5.41) is 12.0. The molecule has 1 aliphatic rings. The van der Waals surface area contributed by atoms with Gasteiger partial charge in [-0.1, -0.05) is 24.3 Å². The topological polar surface area (TPSA) is 73.2 Å². The number of sulfonamides is 1. The molecule has 0 amide bonds. The third kappa shape index (κ3) is 3.27. The van der Waals surface area contributed by atoms with E-state index in [1.165, 1.54) is 4.31 Å². The SMILES string of the molecule is N#Cc1ccc(-c2ccc(S(=O)(=O)N3CCNCC3)cc2)cc1. The van der Waals surface area contributed by atoms with Crippen molar-refractivity contribution >= 4 is 10.0 Å². The first-order chi connectivity index (χ1) is 11.1. The van der Waals surface area contributed by atoms with E-state index < -0.39 is 10.0 Å². The van der Waals surface area contributed by atoms with Gasteiger partial charge in [-0.3, -0.25) is 0 Å². The lowest BCUT2D eigenvalue weighted by Crippen LogP contribution is -2.46. The number of hydrogen-bond donors (Lipinski definition) is 1. The molecule has 23 heavy (non-hydrogen) atoms. The Bertz CT molecular complexity index is 816. The summed E-state index contributed by atoms with van der Waals surface area (Å²) in [6.07, 6.45) is 0. The second-order valence-electron chi connectivity index (χ2n) is 5.37. The summed E-state index contributed by atoms with van der Waals surface area (Å²) in [4.78, 5) is 0.316. The number of hydrogen-bond acceptors (Lipinski definition) is 4. The van der Waals surface area contributed by atoms with Gasteiger partial charge >= 0.3 is 0 Å². The summed E-state index contributed by atoms with van der Waals surface area (Å²) < 4.78 is 26.7. The molecule has 1 saturated heterocycles. The molecule has 0 spiro atoms. The van der Waals surface area contributed by atoms with Gasteiger partial charge in [-0.15, -0.1) is 0 Å². The molecule has 2 aromatic carbocycles. The summed E-state index contributed by atoms with van der Waals surface area (Å²) in [6.45, 7) is 2.37. The Balaban J connectivity index is 1.85. The van der Waals surface area contributed by atoms with Crippen molar-refractivity contribution in [2.24, 2.45) is 0 Å². The van der Waals surface area contributed by atoms with Crippen LogP contribution in [0.25, 0.3) is 11.1 Å². The van der Waals surface area contributed by atoms with Gasteiger partial charge in [0.1, 0.15) is 0 Å². The van der Waals surface area contributed by atoms with E-state index in [0.717, 1.165) is 11.1 Å². The Kier molecular flexibility index (Phi) is 4.44. The molecule has 0 aromatic heterocycles. The predicted octanol–water partition coefficient (Wildman–Crippen LogP) is 1.82. The van der Waals surface area contributed by atoms with Gasteiger partial charge < -0.3 is 5.32 Å². The van der Waals surface area contributed by atoms with Gasteiger partial charge in [0.25, 0.3) is 0 Å². The van der Waals surface area contributed by atoms with Crippen LogP contribution in [0, 0.1) is 11.3 Å². The van der Waals surface area contributed by atoms with Crippen LogP contribution in [0.5, 0.6) is 0 Å². The van der Waals surface area contributed by atoms with Crippen LogP contribution < -0.4 is 5.32 Å². The van der Waals surface area contributed by atoms with E-state index in [0.29, 0.717) is 36.6 Å². The molecule has 1 N–H and O–H groups in total. The van der Waals surface area contributed by atoms with Gasteiger partial charge in [0, 0.05) is 26.2 Å². The first kappa shape index (κ1) is 15.7. The van der Waals surface area contributed by atoms with Crippen molar-refractivity contribution in [1.82, 2.24) is 9.62 Å². The molecule has 0 radical (unpaired) electrons. The first-order valence-electron chi connectivity index (χ1n) is 7.43. The fourth-order valence-electron chi connectivity index (χ4n) is 2.59. The van der Waals surface area contributed by atoms with E-state index in [1.807, 2.05) is 12.1 Å². The highest BCUT2D eigenvalue weighted by Gasteiger charge is 2.25. The summed E-state index contributed by atoms with van der Waals surface area (Å²) in [6, 6.07) is 16.2. The Morgan fingerprint density at radius 3 is 1.96 bits per heavy atom. The molecule has 0 bridgehead atoms. The van der Waals surface area contributed by atoms with Crippen molar-refractivity contribution < 1.29 is 8.42 Å². The third-order valence-corrected chi connectivity index (χ3v) is 5.83. The van der Waals surface area contributed by atoms with Crippen molar-refractivity contribution in [3.8, 4) is 17.2 Å². The predicted molar refractivity (Wildman–Crippen MR) is 88.2 cm³/mol. The van der Waals surface area contributed by atoms with Crippen molar-refractivity contribution in [3.05, 3.63) is 54.1 Å². The minimum atomic E-state index is -3.42. The van der Waals surface area contributed by atoms with E-state index in [4.69, 9.17) is 5.26 Å². The van der Waals surface area contributed by atoms with Gasteiger partial charge in [-0.2, -0.15) is 9.57 Å². The smallest absolute Gasteiger partial charge is 0.243 e. The third-order valence-electron chi connectivity index (χ3n) is 3.92. The molecule has 2 aromatic rings. The Hall–Kier alpha value is -2.20. The molecule has 0 aliphatic carbocycles. The van der Waals surface area contributed by atoms with Crippen molar-refractivity contribution in [1.29, 1.82) is 5.26 Å². The molecule has 0 unspecified atom stereocenters. The van der Waals surface area contributed by atoms with Gasteiger partial charge in [-0.05, 0) is 35.4 Å². The molecule has 0 saturated carbocycles. The fraction of sp³-hybridized carbons (Fsp3) is 0.235. The number of nitrogens with zero attached hydrogens (tertiary/aromatic N) is 2. The number of piperazine rings is 1. The highest BCUT2D eigenvalue weighted by Crippen LogP contribution is 2.23. The van der Waals surface area contributed by atoms with Gasteiger partial charge in [0.2, 0.25) is 10.0 Å². The molecule has 1 fully saturated rings. The average molecular weight is 327 g/mol. The van der Waals surface area contributed by atoms with Crippen LogP contribution in [0.2, 0.25) is 0 Å². The lowest BCUT2D eigenvalue weighted by molar-refractivity contribution is 0.360. The molecular weight excluding hydrogens is 310 g/mol. The molecule has 118 valence electrons. The summed E-state index contributed by atoms with van der Waals surface area (Å²) in [5.41, 5.74) is 2.48. The zero-order valence-electron chi connectivity index (χ0n) is 12.6. The van der Waals surface area contributed by atoms with Crippen LogP contribution in [0.15, 0.2) is 53.4 Å². The molecule has 1 heterocycles. The maximum absolute atomic E-state index is 12.6. The van der Waals surface area contributed by atoms with Crippen molar-refractivity contribution in [2.45, 2.75) is 4.90 Å². The number of nitriles is 1. The van der Waals surface area contributed by atoms with Crippen LogP contribution >= 0.6 is 0 Å².